The number of hydrogen-bond acceptors (Lipinski definition) is 4. The van der Waals surface area contributed by atoms with E-state index in [1.165, 1.54) is 6.07 Å². The molecule has 1 aromatic rings. The van der Waals surface area contributed by atoms with E-state index in [0.717, 1.165) is 24.8 Å². The van der Waals surface area contributed by atoms with E-state index < -0.39 is 5.97 Å². The maximum absolute atomic E-state index is 11.1. The predicted octanol–water partition coefficient (Wildman–Crippen LogP) is 2.78. The van der Waals surface area contributed by atoms with E-state index in [-0.39, 0.29) is 17.3 Å². The van der Waals surface area contributed by atoms with Crippen LogP contribution in [0.2, 0.25) is 0 Å². The smallest absolute Gasteiger partial charge is 0.337 e. The maximum Gasteiger partial charge on any atom is 0.337 e. The lowest BCUT2D eigenvalue weighted by Gasteiger charge is -2.25. The molecule has 0 amide bonds. The highest BCUT2D eigenvalue weighted by atomic mass is 16.4. The molecule has 1 rings (SSSR count). The van der Waals surface area contributed by atoms with Gasteiger partial charge in [0.2, 0.25) is 0 Å². The third-order valence-electron chi connectivity index (χ3n) is 3.60. The Labute approximate surface area is 120 Å². The topological polar surface area (TPSA) is 101 Å². The number of nitrogen functional groups attached to an aromatic ring is 2. The molecule has 20 heavy (non-hydrogen) atoms. The van der Waals surface area contributed by atoms with Gasteiger partial charge in [-0.25, -0.2) is 4.79 Å². The van der Waals surface area contributed by atoms with E-state index in [2.05, 4.69) is 26.1 Å². The van der Waals surface area contributed by atoms with E-state index in [4.69, 9.17) is 16.6 Å². The lowest BCUT2D eigenvalue weighted by molar-refractivity contribution is 0.0698. The molecule has 112 valence electrons. The molecule has 0 aliphatic heterocycles. The summed E-state index contributed by atoms with van der Waals surface area (Å²) in [7, 11) is 0. The van der Waals surface area contributed by atoms with Gasteiger partial charge in [0.1, 0.15) is 0 Å². The molecule has 0 radical (unpaired) electrons. The highest BCUT2D eigenvalue weighted by molar-refractivity contribution is 5.97. The number of carbonyl (C=O) groups is 1. The number of nitrogens with one attached hydrogen (secondary N) is 1. The van der Waals surface area contributed by atoms with Crippen molar-refractivity contribution < 1.29 is 9.90 Å². The van der Waals surface area contributed by atoms with E-state index in [0.29, 0.717) is 11.7 Å². The van der Waals surface area contributed by atoms with Crippen molar-refractivity contribution >= 4 is 17.3 Å². The average molecular weight is 279 g/mol. The van der Waals surface area contributed by atoms with E-state index in [1.807, 2.05) is 0 Å². The third kappa shape index (κ3) is 3.63. The van der Waals surface area contributed by atoms with E-state index in [1.54, 1.807) is 6.07 Å². The van der Waals surface area contributed by atoms with Crippen LogP contribution in [0.4, 0.5) is 11.4 Å². The van der Waals surface area contributed by atoms with Gasteiger partial charge in [0, 0.05) is 12.1 Å². The van der Waals surface area contributed by atoms with Crippen molar-refractivity contribution in [2.24, 2.45) is 0 Å². The summed E-state index contributed by atoms with van der Waals surface area (Å²) in [5.41, 5.74) is 13.4. The summed E-state index contributed by atoms with van der Waals surface area (Å²) in [6, 6.07) is 3.77. The second-order valence-corrected chi connectivity index (χ2v) is 5.15. The Kier molecular flexibility index (Phi) is 5.82. The van der Waals surface area contributed by atoms with Crippen LogP contribution in [0.1, 0.15) is 62.0 Å². The van der Waals surface area contributed by atoms with Crippen molar-refractivity contribution in [3.8, 4) is 0 Å². The summed E-state index contributed by atoms with van der Waals surface area (Å²) in [6.45, 7) is 6.34. The molecule has 0 saturated carbocycles. The first-order valence-electron chi connectivity index (χ1n) is 7.09. The van der Waals surface area contributed by atoms with Gasteiger partial charge in [-0.05, 0) is 31.4 Å². The zero-order valence-corrected chi connectivity index (χ0v) is 12.4. The number of nitrogens with two attached hydrogens (primary N) is 2. The molecule has 6 N–H and O–H groups in total. The molecule has 0 fully saturated rings. The Balaban J connectivity index is 3.14. The molecule has 0 heterocycles. The summed E-state index contributed by atoms with van der Waals surface area (Å²) in [5.74, 6) is -1.05. The molecule has 5 heteroatoms. The van der Waals surface area contributed by atoms with E-state index in [9.17, 15) is 4.79 Å². The van der Waals surface area contributed by atoms with Gasteiger partial charge < -0.3 is 21.9 Å². The molecule has 0 aliphatic carbocycles. The molecule has 0 aliphatic rings. The summed E-state index contributed by atoms with van der Waals surface area (Å²) < 4.78 is 0. The number of carboxylic acid groups (broad SMARTS) is 1. The SMILES string of the molecule is CCCC(NC(C)CC)c1ccc(C(=O)O)c(N)c1N. The standard InChI is InChI=1S/C15H25N3O2/c1-4-6-12(18-9(3)5-2)10-7-8-11(15(19)20)14(17)13(10)16/h7-9,12,18H,4-6,16-17H2,1-3H3,(H,19,20). The first-order valence-corrected chi connectivity index (χ1v) is 7.09. The van der Waals surface area contributed by atoms with E-state index >= 15 is 0 Å². The van der Waals surface area contributed by atoms with Crippen LogP contribution in [0, 0.1) is 0 Å². The largest absolute Gasteiger partial charge is 0.478 e. The number of carboxylic acids is 1. The molecule has 5 nitrogen and oxygen atoms in total. The summed E-state index contributed by atoms with van der Waals surface area (Å²) >= 11 is 0. The Hall–Kier alpha value is -1.75. The Morgan fingerprint density at radius 2 is 1.95 bits per heavy atom. The Morgan fingerprint density at radius 3 is 2.45 bits per heavy atom. The van der Waals surface area contributed by atoms with Gasteiger partial charge in [-0.3, -0.25) is 0 Å². The third-order valence-corrected chi connectivity index (χ3v) is 3.60. The summed E-state index contributed by atoms with van der Waals surface area (Å²) in [5, 5.41) is 12.6. The Bertz CT molecular complexity index is 474. The van der Waals surface area contributed by atoms with Crippen LogP contribution in [0.5, 0.6) is 0 Å². The van der Waals surface area contributed by atoms with Crippen LogP contribution in [0.25, 0.3) is 0 Å². The molecular formula is C15H25N3O2. The van der Waals surface area contributed by atoms with Gasteiger partial charge in [-0.2, -0.15) is 0 Å². The minimum absolute atomic E-state index is 0.0602. The number of rotatable bonds is 7. The number of aromatic carboxylic acids is 1. The lowest BCUT2D eigenvalue weighted by Crippen LogP contribution is -2.30. The van der Waals surface area contributed by atoms with Crippen molar-refractivity contribution in [2.75, 3.05) is 11.5 Å². The second kappa shape index (κ2) is 7.14. The monoisotopic (exact) mass is 279 g/mol. The molecule has 0 saturated heterocycles. The quantitative estimate of drug-likeness (QED) is 0.575. The summed E-state index contributed by atoms with van der Waals surface area (Å²) in [4.78, 5) is 11.1. The fourth-order valence-corrected chi connectivity index (χ4v) is 2.22. The minimum Gasteiger partial charge on any atom is -0.478 e. The van der Waals surface area contributed by atoms with Gasteiger partial charge >= 0.3 is 5.97 Å². The highest BCUT2D eigenvalue weighted by Crippen LogP contribution is 2.31. The van der Waals surface area contributed by atoms with Crippen molar-refractivity contribution in [1.29, 1.82) is 0 Å². The molecular weight excluding hydrogens is 254 g/mol. The van der Waals surface area contributed by atoms with Crippen LogP contribution >= 0.6 is 0 Å². The van der Waals surface area contributed by atoms with Crippen LogP contribution in [0.15, 0.2) is 12.1 Å². The van der Waals surface area contributed by atoms with Crippen molar-refractivity contribution in [3.05, 3.63) is 23.3 Å². The fourth-order valence-electron chi connectivity index (χ4n) is 2.22. The van der Waals surface area contributed by atoms with Crippen molar-refractivity contribution in [1.82, 2.24) is 5.32 Å². The zero-order chi connectivity index (χ0) is 15.3. The van der Waals surface area contributed by atoms with Crippen LogP contribution in [-0.2, 0) is 0 Å². The van der Waals surface area contributed by atoms with Gasteiger partial charge in [0.15, 0.2) is 0 Å². The number of hydrogen-bond donors (Lipinski definition) is 4. The minimum atomic E-state index is -1.05. The lowest BCUT2D eigenvalue weighted by atomic mass is 9.96. The van der Waals surface area contributed by atoms with Gasteiger partial charge in [-0.15, -0.1) is 0 Å². The van der Waals surface area contributed by atoms with Crippen molar-refractivity contribution in [2.45, 2.75) is 52.1 Å². The van der Waals surface area contributed by atoms with Gasteiger partial charge in [0.05, 0.1) is 16.9 Å². The maximum atomic E-state index is 11.1. The zero-order valence-electron chi connectivity index (χ0n) is 12.4. The molecule has 2 unspecified atom stereocenters. The summed E-state index contributed by atoms with van der Waals surface area (Å²) in [6.07, 6.45) is 2.96. The first kappa shape index (κ1) is 16.3. The second-order valence-electron chi connectivity index (χ2n) is 5.15. The Morgan fingerprint density at radius 1 is 1.30 bits per heavy atom. The fraction of sp³-hybridized carbons (Fsp3) is 0.533. The van der Waals surface area contributed by atoms with Crippen molar-refractivity contribution in [3.63, 3.8) is 0 Å². The van der Waals surface area contributed by atoms with Crippen LogP contribution in [0.3, 0.4) is 0 Å². The van der Waals surface area contributed by atoms with Gasteiger partial charge in [0.25, 0.3) is 0 Å². The first-order chi connectivity index (χ1) is 9.42. The highest BCUT2D eigenvalue weighted by Gasteiger charge is 2.20. The normalized spacial score (nSPS) is 13.9. The van der Waals surface area contributed by atoms with Crippen LogP contribution < -0.4 is 16.8 Å². The van der Waals surface area contributed by atoms with Gasteiger partial charge in [-0.1, -0.05) is 26.3 Å². The predicted molar refractivity (Wildman–Crippen MR) is 82.8 cm³/mol. The molecule has 0 bridgehead atoms. The van der Waals surface area contributed by atoms with Crippen LogP contribution in [-0.4, -0.2) is 17.1 Å². The number of benzene rings is 1. The molecule has 0 aromatic heterocycles. The molecule has 1 aromatic carbocycles. The molecule has 0 spiro atoms. The average Bonchev–Trinajstić information content (AvgIpc) is 2.40. The molecule has 2 atom stereocenters. The number of anilines is 2.